The van der Waals surface area contributed by atoms with Crippen LogP contribution in [0.1, 0.15) is 56.5 Å². The van der Waals surface area contributed by atoms with Gasteiger partial charge in [-0.1, -0.05) is 13.8 Å². The van der Waals surface area contributed by atoms with E-state index in [0.29, 0.717) is 24.9 Å². The number of carbonyl (C=O) groups is 1. The van der Waals surface area contributed by atoms with Crippen LogP contribution in [0, 0.1) is 0 Å². The maximum absolute atomic E-state index is 12.5. The third-order valence-corrected chi connectivity index (χ3v) is 4.97. The minimum absolute atomic E-state index is 0.00573. The van der Waals surface area contributed by atoms with Gasteiger partial charge in [-0.05, 0) is 18.9 Å². The van der Waals surface area contributed by atoms with Gasteiger partial charge in [0.15, 0.2) is 0 Å². The topological polar surface area (TPSA) is 101 Å². The molecule has 0 saturated carbocycles. The van der Waals surface area contributed by atoms with E-state index in [2.05, 4.69) is 28.8 Å². The maximum Gasteiger partial charge on any atom is 0.316 e. The van der Waals surface area contributed by atoms with Crippen LogP contribution in [0.15, 0.2) is 34.2 Å². The lowest BCUT2D eigenvalue weighted by atomic mass is 9.93. The quantitative estimate of drug-likeness (QED) is 0.797. The van der Waals surface area contributed by atoms with Gasteiger partial charge < -0.3 is 14.5 Å². The highest BCUT2D eigenvalue weighted by atomic mass is 16.2. The number of nitrogens with zero attached hydrogens (tertiary/aromatic N) is 4. The number of nitrogens with one attached hydrogen (secondary N) is 1. The van der Waals surface area contributed by atoms with Gasteiger partial charge in [0.2, 0.25) is 5.91 Å². The molecule has 144 valence electrons. The molecule has 0 radical (unpaired) electrons. The predicted molar refractivity (Wildman–Crippen MR) is 101 cm³/mol. The Morgan fingerprint density at radius 1 is 1.30 bits per heavy atom. The largest absolute Gasteiger partial charge is 0.343 e. The minimum Gasteiger partial charge on any atom is -0.343 e. The zero-order chi connectivity index (χ0) is 19.4. The Labute approximate surface area is 157 Å². The molecular weight excluding hydrogens is 346 g/mol. The van der Waals surface area contributed by atoms with Gasteiger partial charge in [-0.2, -0.15) is 0 Å². The van der Waals surface area contributed by atoms with Crippen LogP contribution < -0.4 is 11.1 Å². The first-order chi connectivity index (χ1) is 13.0. The molecule has 3 rings (SSSR count). The Morgan fingerprint density at radius 2 is 2.04 bits per heavy atom. The van der Waals surface area contributed by atoms with Crippen molar-refractivity contribution in [2.75, 3.05) is 13.1 Å². The fourth-order valence-electron chi connectivity index (χ4n) is 3.33. The first-order valence-corrected chi connectivity index (χ1v) is 9.34. The van der Waals surface area contributed by atoms with E-state index in [1.165, 1.54) is 17.0 Å². The molecule has 2 aromatic rings. The van der Waals surface area contributed by atoms with Crippen molar-refractivity contribution in [2.24, 2.45) is 0 Å². The normalized spacial score (nSPS) is 15.3. The van der Waals surface area contributed by atoms with E-state index in [1.54, 1.807) is 0 Å². The number of likely N-dealkylation sites (tertiary alicyclic amines) is 1. The summed E-state index contributed by atoms with van der Waals surface area (Å²) in [6, 6.07) is 1.97. The molecule has 1 aliphatic rings. The summed E-state index contributed by atoms with van der Waals surface area (Å²) in [6.45, 7) is 5.72. The molecule has 0 aromatic carbocycles. The second kappa shape index (κ2) is 8.28. The first kappa shape index (κ1) is 19.0. The molecule has 27 heavy (non-hydrogen) atoms. The van der Waals surface area contributed by atoms with E-state index in [4.69, 9.17) is 0 Å². The Hall–Kier alpha value is -2.77. The van der Waals surface area contributed by atoms with E-state index in [-0.39, 0.29) is 18.9 Å². The SMILES string of the molecule is CC(C)c1nccc(C2CCN(C(=O)CCn3cc[nH]c(=O)c3=O)CC2)n1. The van der Waals surface area contributed by atoms with Crippen LogP contribution in [-0.2, 0) is 11.3 Å². The number of amides is 1. The lowest BCUT2D eigenvalue weighted by Crippen LogP contribution is -2.40. The molecule has 0 atom stereocenters. The second-order valence-electron chi connectivity index (χ2n) is 7.19. The van der Waals surface area contributed by atoms with Crippen molar-refractivity contribution in [1.82, 2.24) is 24.4 Å². The molecule has 2 aromatic heterocycles. The smallest absolute Gasteiger partial charge is 0.316 e. The standard InChI is InChI=1S/C19H25N5O3/c1-13(2)17-20-7-3-15(22-17)14-4-9-23(10-5-14)16(25)6-11-24-12-8-21-18(26)19(24)27/h3,7-8,12-14H,4-6,9-11H2,1-2H3,(H,21,26). The zero-order valence-corrected chi connectivity index (χ0v) is 15.7. The molecule has 1 amide bonds. The molecule has 1 saturated heterocycles. The summed E-state index contributed by atoms with van der Waals surface area (Å²) >= 11 is 0. The molecule has 1 N–H and O–H groups in total. The monoisotopic (exact) mass is 371 g/mol. The molecule has 1 aliphatic heterocycles. The predicted octanol–water partition coefficient (Wildman–Crippen LogP) is 1.25. The number of aromatic amines is 1. The van der Waals surface area contributed by atoms with Gasteiger partial charge >= 0.3 is 11.1 Å². The minimum atomic E-state index is -0.670. The summed E-state index contributed by atoms with van der Waals surface area (Å²) in [5.41, 5.74) is -0.249. The van der Waals surface area contributed by atoms with Gasteiger partial charge in [0.1, 0.15) is 5.82 Å². The fourth-order valence-corrected chi connectivity index (χ4v) is 3.33. The van der Waals surface area contributed by atoms with Crippen molar-refractivity contribution < 1.29 is 4.79 Å². The van der Waals surface area contributed by atoms with Gasteiger partial charge in [0.05, 0.1) is 0 Å². The Kier molecular flexibility index (Phi) is 5.83. The van der Waals surface area contributed by atoms with Crippen LogP contribution >= 0.6 is 0 Å². The number of aromatic nitrogens is 4. The van der Waals surface area contributed by atoms with Crippen molar-refractivity contribution in [1.29, 1.82) is 0 Å². The Bertz CT molecular complexity index is 910. The van der Waals surface area contributed by atoms with Gasteiger partial charge in [-0.15, -0.1) is 0 Å². The second-order valence-corrected chi connectivity index (χ2v) is 7.19. The third kappa shape index (κ3) is 4.50. The molecular formula is C19H25N5O3. The summed E-state index contributed by atoms with van der Waals surface area (Å²) in [5, 5.41) is 0. The summed E-state index contributed by atoms with van der Waals surface area (Å²) < 4.78 is 1.28. The highest BCUT2D eigenvalue weighted by molar-refractivity contribution is 5.76. The molecule has 0 bridgehead atoms. The van der Waals surface area contributed by atoms with Crippen molar-refractivity contribution in [3.05, 3.63) is 56.9 Å². The summed E-state index contributed by atoms with van der Waals surface area (Å²) in [6.07, 6.45) is 6.65. The highest BCUT2D eigenvalue weighted by Gasteiger charge is 2.25. The van der Waals surface area contributed by atoms with Crippen molar-refractivity contribution >= 4 is 5.91 Å². The number of hydrogen-bond acceptors (Lipinski definition) is 5. The average molecular weight is 371 g/mol. The lowest BCUT2D eigenvalue weighted by molar-refractivity contribution is -0.132. The number of H-pyrrole nitrogens is 1. The van der Waals surface area contributed by atoms with Crippen LogP contribution in [0.3, 0.4) is 0 Å². The molecule has 0 aliphatic carbocycles. The third-order valence-electron chi connectivity index (χ3n) is 4.97. The van der Waals surface area contributed by atoms with E-state index < -0.39 is 11.1 Å². The molecule has 8 heteroatoms. The van der Waals surface area contributed by atoms with Crippen molar-refractivity contribution in [3.8, 4) is 0 Å². The number of rotatable bonds is 5. The van der Waals surface area contributed by atoms with Crippen LogP contribution in [0.4, 0.5) is 0 Å². The summed E-state index contributed by atoms with van der Waals surface area (Å²) in [5.74, 6) is 1.49. The fraction of sp³-hybridized carbons (Fsp3) is 0.526. The van der Waals surface area contributed by atoms with Gasteiger partial charge in [0.25, 0.3) is 0 Å². The van der Waals surface area contributed by atoms with E-state index in [0.717, 1.165) is 24.4 Å². The molecule has 3 heterocycles. The Balaban J connectivity index is 1.55. The van der Waals surface area contributed by atoms with E-state index >= 15 is 0 Å². The number of aryl methyl sites for hydroxylation is 1. The molecule has 1 fully saturated rings. The maximum atomic E-state index is 12.5. The van der Waals surface area contributed by atoms with Gasteiger partial charge in [-0.3, -0.25) is 14.4 Å². The van der Waals surface area contributed by atoms with E-state index in [9.17, 15) is 14.4 Å². The molecule has 0 unspecified atom stereocenters. The zero-order valence-electron chi connectivity index (χ0n) is 15.7. The van der Waals surface area contributed by atoms with Crippen LogP contribution in [0.25, 0.3) is 0 Å². The average Bonchev–Trinajstić information content (AvgIpc) is 2.69. The highest BCUT2D eigenvalue weighted by Crippen LogP contribution is 2.27. The van der Waals surface area contributed by atoms with Gasteiger partial charge in [0, 0.05) is 62.2 Å². The first-order valence-electron chi connectivity index (χ1n) is 9.34. The lowest BCUT2D eigenvalue weighted by Gasteiger charge is -2.32. The molecule has 8 nitrogen and oxygen atoms in total. The van der Waals surface area contributed by atoms with Crippen LogP contribution in [-0.4, -0.2) is 43.4 Å². The van der Waals surface area contributed by atoms with Crippen LogP contribution in [0.2, 0.25) is 0 Å². The number of carbonyl (C=O) groups excluding carboxylic acids is 1. The van der Waals surface area contributed by atoms with Crippen molar-refractivity contribution in [3.63, 3.8) is 0 Å². The van der Waals surface area contributed by atoms with E-state index in [1.807, 2.05) is 17.2 Å². The Morgan fingerprint density at radius 3 is 2.74 bits per heavy atom. The molecule has 0 spiro atoms. The summed E-state index contributed by atoms with van der Waals surface area (Å²) in [7, 11) is 0. The van der Waals surface area contributed by atoms with Crippen molar-refractivity contribution in [2.45, 2.75) is 51.5 Å². The van der Waals surface area contributed by atoms with Gasteiger partial charge in [-0.25, -0.2) is 9.97 Å². The van der Waals surface area contributed by atoms with Crippen LogP contribution in [0.5, 0.6) is 0 Å². The summed E-state index contributed by atoms with van der Waals surface area (Å²) in [4.78, 5) is 48.6. The number of hydrogen-bond donors (Lipinski definition) is 1. The number of piperidine rings is 1.